The van der Waals surface area contributed by atoms with Crippen LogP contribution in [0.4, 0.5) is 10.1 Å². The largest absolute Gasteiger partial charge is 0.389 e. The van der Waals surface area contributed by atoms with Gasteiger partial charge in [0.1, 0.15) is 17.2 Å². The summed E-state index contributed by atoms with van der Waals surface area (Å²) in [6.45, 7) is 3.03. The smallest absolute Gasteiger partial charge is 0.273 e. The van der Waals surface area contributed by atoms with E-state index in [-0.39, 0.29) is 36.3 Å². The molecule has 0 bridgehead atoms. The van der Waals surface area contributed by atoms with Crippen LogP contribution in [0.25, 0.3) is 28.3 Å². The van der Waals surface area contributed by atoms with Crippen LogP contribution in [0.1, 0.15) is 34.6 Å². The number of halogens is 1. The number of rotatable bonds is 4. The van der Waals surface area contributed by atoms with Gasteiger partial charge in [-0.1, -0.05) is 24.3 Å². The Morgan fingerprint density at radius 3 is 2.52 bits per heavy atom. The summed E-state index contributed by atoms with van der Waals surface area (Å²) in [5.74, 6) is -0.720. The predicted molar refractivity (Wildman–Crippen MR) is 152 cm³/mol. The molecule has 7 rings (SSSR count). The summed E-state index contributed by atoms with van der Waals surface area (Å²) in [7, 11) is 1.70. The number of fused-ring (bicyclic) bond motifs is 2. The van der Waals surface area contributed by atoms with E-state index in [1.54, 1.807) is 46.9 Å². The molecule has 2 aliphatic heterocycles. The van der Waals surface area contributed by atoms with E-state index in [4.69, 9.17) is 0 Å². The number of aliphatic hydroxyl groups excluding tert-OH is 2. The second-order valence-corrected chi connectivity index (χ2v) is 10.9. The van der Waals surface area contributed by atoms with Crippen LogP contribution < -0.4 is 4.90 Å². The molecule has 1 saturated heterocycles. The Balaban J connectivity index is 1.28. The molecule has 0 radical (unpaired) electrons. The van der Waals surface area contributed by atoms with Crippen LogP contribution in [0.15, 0.2) is 60.8 Å². The van der Waals surface area contributed by atoms with Gasteiger partial charge in [0.15, 0.2) is 5.65 Å². The molecule has 2 N–H and O–H groups in total. The summed E-state index contributed by atoms with van der Waals surface area (Å²) in [6, 6.07) is 16.0. The monoisotopic (exact) mass is 568 g/mol. The maximum atomic E-state index is 15.4. The first-order chi connectivity index (χ1) is 20.3. The van der Waals surface area contributed by atoms with E-state index < -0.39 is 18.0 Å². The first kappa shape index (κ1) is 26.2. The van der Waals surface area contributed by atoms with E-state index in [1.165, 1.54) is 16.4 Å². The minimum absolute atomic E-state index is 0.119. The van der Waals surface area contributed by atoms with Gasteiger partial charge in [-0.2, -0.15) is 20.1 Å². The summed E-state index contributed by atoms with van der Waals surface area (Å²) in [4.78, 5) is 23.5. The zero-order valence-corrected chi connectivity index (χ0v) is 23.1. The lowest BCUT2D eigenvalue weighted by Gasteiger charge is -2.35. The number of aromatic nitrogens is 6. The minimum atomic E-state index is -0.878. The van der Waals surface area contributed by atoms with Crippen LogP contribution in [-0.2, 0) is 13.5 Å². The lowest BCUT2D eigenvalue weighted by molar-refractivity contribution is 0.0572. The van der Waals surface area contributed by atoms with Gasteiger partial charge in [0, 0.05) is 44.0 Å². The van der Waals surface area contributed by atoms with Crippen molar-refractivity contribution in [3.8, 4) is 22.6 Å². The Bertz CT molecular complexity index is 1820. The second kappa shape index (κ2) is 10.00. The fraction of sp³-hybridized carbons (Fsp3) is 0.300. The summed E-state index contributed by atoms with van der Waals surface area (Å²) in [5, 5.41) is 33.1. The fourth-order valence-electron chi connectivity index (χ4n) is 5.95. The molecule has 3 aromatic heterocycles. The van der Waals surface area contributed by atoms with E-state index in [9.17, 15) is 15.0 Å². The Labute approximate surface area is 240 Å². The van der Waals surface area contributed by atoms with Gasteiger partial charge in [0.05, 0.1) is 35.8 Å². The predicted octanol–water partition coefficient (Wildman–Crippen LogP) is 2.63. The van der Waals surface area contributed by atoms with Gasteiger partial charge in [-0.05, 0) is 48.7 Å². The number of β-amino-alcohol motifs (C(OH)–C–C–N with tert-alkyl or cyclic N) is 2. The molecule has 2 aromatic carbocycles. The molecular weight excluding hydrogens is 539 g/mol. The molecule has 214 valence electrons. The van der Waals surface area contributed by atoms with Crippen molar-refractivity contribution in [2.24, 2.45) is 7.05 Å². The number of carbonyl (C=O) groups is 1. The standard InChI is InChI=1S/C30H29FN8O3/c1-17-20-6-4-3-5-18(20)9-10-38(17)30(42)24-12-26(25-14-32-36(2)34-25)39-29(33-24)13-23(35-39)21-8-7-19(11-22(21)31)37-15-27(40)28(41)16-37/h3-8,11-14,17,27-28,40-41H,9-10,15-16H2,1-2H3/t17-,27-,28-/m1/s1. The Morgan fingerprint density at radius 1 is 1.00 bits per heavy atom. The number of carbonyl (C=O) groups excluding carboxylic acids is 1. The van der Waals surface area contributed by atoms with Gasteiger partial charge >= 0.3 is 0 Å². The fourth-order valence-corrected chi connectivity index (χ4v) is 5.95. The number of benzene rings is 2. The summed E-state index contributed by atoms with van der Waals surface area (Å²) in [5.41, 5.74) is 5.11. The SMILES string of the molecule is C[C@@H]1c2ccccc2CCN1C(=O)c1cc(-c2cnn(C)n2)n2nc(-c3ccc(N4C[C@@H](O)[C@H](O)C4)cc3F)cc2n1. The maximum Gasteiger partial charge on any atom is 0.273 e. The third-order valence-corrected chi connectivity index (χ3v) is 8.22. The van der Waals surface area contributed by atoms with Crippen molar-refractivity contribution in [1.29, 1.82) is 0 Å². The maximum absolute atomic E-state index is 15.4. The van der Waals surface area contributed by atoms with Gasteiger partial charge in [-0.3, -0.25) is 4.79 Å². The van der Waals surface area contributed by atoms with E-state index >= 15 is 4.39 Å². The first-order valence-electron chi connectivity index (χ1n) is 13.8. The minimum Gasteiger partial charge on any atom is -0.389 e. The van der Waals surface area contributed by atoms with Crippen LogP contribution in [-0.4, -0.2) is 82.5 Å². The number of aliphatic hydroxyl groups is 2. The summed E-state index contributed by atoms with van der Waals surface area (Å²) >= 11 is 0. The van der Waals surface area contributed by atoms with E-state index in [0.29, 0.717) is 35.0 Å². The molecule has 5 aromatic rings. The molecule has 0 aliphatic carbocycles. The van der Waals surface area contributed by atoms with Crippen LogP contribution in [0.3, 0.4) is 0 Å². The molecule has 5 heterocycles. The molecule has 0 spiro atoms. The van der Waals surface area contributed by atoms with Crippen molar-refractivity contribution in [2.75, 3.05) is 24.5 Å². The topological polar surface area (TPSA) is 125 Å². The van der Waals surface area contributed by atoms with E-state index in [2.05, 4.69) is 32.4 Å². The number of amides is 1. The van der Waals surface area contributed by atoms with Crippen molar-refractivity contribution >= 4 is 17.2 Å². The van der Waals surface area contributed by atoms with Gasteiger partial charge in [0.25, 0.3) is 5.91 Å². The van der Waals surface area contributed by atoms with Gasteiger partial charge < -0.3 is 20.0 Å². The van der Waals surface area contributed by atoms with Crippen LogP contribution >= 0.6 is 0 Å². The van der Waals surface area contributed by atoms with E-state index in [0.717, 1.165) is 12.0 Å². The van der Waals surface area contributed by atoms with Crippen LogP contribution in [0.5, 0.6) is 0 Å². The van der Waals surface area contributed by atoms with Crippen molar-refractivity contribution in [3.05, 3.63) is 83.4 Å². The van der Waals surface area contributed by atoms with Crippen LogP contribution in [0.2, 0.25) is 0 Å². The van der Waals surface area contributed by atoms with Gasteiger partial charge in [-0.25, -0.2) is 13.9 Å². The van der Waals surface area contributed by atoms with Crippen LogP contribution in [0, 0.1) is 5.82 Å². The second-order valence-electron chi connectivity index (χ2n) is 10.9. The van der Waals surface area contributed by atoms with Crippen molar-refractivity contribution in [3.63, 3.8) is 0 Å². The third kappa shape index (κ3) is 4.39. The van der Waals surface area contributed by atoms with Crippen molar-refractivity contribution in [2.45, 2.75) is 31.6 Å². The number of hydrogen-bond donors (Lipinski definition) is 2. The molecular formula is C30H29FN8O3. The Hall–Kier alpha value is -4.68. The number of hydrogen-bond acceptors (Lipinski definition) is 8. The molecule has 3 atom stereocenters. The highest BCUT2D eigenvalue weighted by Crippen LogP contribution is 2.32. The first-order valence-corrected chi connectivity index (χ1v) is 13.8. The Kier molecular flexibility index (Phi) is 6.24. The molecule has 42 heavy (non-hydrogen) atoms. The third-order valence-electron chi connectivity index (χ3n) is 8.22. The lowest BCUT2D eigenvalue weighted by Crippen LogP contribution is -2.39. The molecule has 11 nitrogen and oxygen atoms in total. The van der Waals surface area contributed by atoms with Crippen molar-refractivity contribution < 1.29 is 19.4 Å². The highest BCUT2D eigenvalue weighted by atomic mass is 19.1. The normalized spacial score (nSPS) is 20.4. The van der Waals surface area contributed by atoms with Crippen molar-refractivity contribution in [1.82, 2.24) is 34.5 Å². The highest BCUT2D eigenvalue weighted by Gasteiger charge is 2.31. The Morgan fingerprint density at radius 2 is 1.79 bits per heavy atom. The molecule has 12 heteroatoms. The van der Waals surface area contributed by atoms with E-state index in [1.807, 2.05) is 24.0 Å². The average molecular weight is 569 g/mol. The zero-order valence-electron chi connectivity index (χ0n) is 23.1. The molecule has 0 unspecified atom stereocenters. The molecule has 1 amide bonds. The summed E-state index contributed by atoms with van der Waals surface area (Å²) in [6.07, 6.45) is 0.582. The number of nitrogens with zero attached hydrogens (tertiary/aromatic N) is 8. The quantitative estimate of drug-likeness (QED) is 0.339. The summed E-state index contributed by atoms with van der Waals surface area (Å²) < 4.78 is 17.0. The zero-order chi connectivity index (χ0) is 29.1. The molecule has 2 aliphatic rings. The highest BCUT2D eigenvalue weighted by molar-refractivity contribution is 5.94. The number of anilines is 1. The van der Waals surface area contributed by atoms with Gasteiger partial charge in [0.2, 0.25) is 0 Å². The molecule has 0 saturated carbocycles. The van der Waals surface area contributed by atoms with Gasteiger partial charge in [-0.15, -0.1) is 0 Å². The average Bonchev–Trinajstić information content (AvgIpc) is 3.70. The molecule has 1 fully saturated rings. The lowest BCUT2D eigenvalue weighted by atomic mass is 9.93. The number of aryl methyl sites for hydroxylation is 1.